The Kier molecular flexibility index (Phi) is 4.45. The molecule has 0 unspecified atom stereocenters. The second kappa shape index (κ2) is 5.64. The van der Waals surface area contributed by atoms with Crippen LogP contribution in [-0.2, 0) is 4.79 Å². The summed E-state index contributed by atoms with van der Waals surface area (Å²) >= 11 is 0. The van der Waals surface area contributed by atoms with E-state index >= 15 is 0 Å². The van der Waals surface area contributed by atoms with Crippen molar-refractivity contribution in [3.8, 4) is 0 Å². The van der Waals surface area contributed by atoms with E-state index in [1.54, 1.807) is 0 Å². The normalized spacial score (nSPS) is 23.4. The van der Waals surface area contributed by atoms with E-state index in [2.05, 4.69) is 4.90 Å². The summed E-state index contributed by atoms with van der Waals surface area (Å²) in [5.74, 6) is 0.205. The molecule has 0 aromatic heterocycles. The standard InChI is InChI=1S/C16H31N3O/c1-15(2,16(3,4)17)14(20)19-11-9-18(10-12-19)13-7-5-6-8-13/h13H,5-12,17H2,1-4H3. The van der Waals surface area contributed by atoms with Crippen LogP contribution in [0.3, 0.4) is 0 Å². The van der Waals surface area contributed by atoms with Gasteiger partial charge in [-0.1, -0.05) is 12.8 Å². The van der Waals surface area contributed by atoms with E-state index in [-0.39, 0.29) is 5.91 Å². The molecule has 1 amide bonds. The minimum atomic E-state index is -0.511. The number of hydrogen-bond acceptors (Lipinski definition) is 3. The number of nitrogens with two attached hydrogens (primary N) is 1. The number of hydrogen-bond donors (Lipinski definition) is 1. The van der Waals surface area contributed by atoms with Gasteiger partial charge in [-0.15, -0.1) is 0 Å². The zero-order valence-electron chi connectivity index (χ0n) is 13.6. The molecule has 2 aliphatic rings. The average molecular weight is 281 g/mol. The predicted molar refractivity (Wildman–Crippen MR) is 82.5 cm³/mol. The minimum Gasteiger partial charge on any atom is -0.340 e. The number of piperazine rings is 1. The van der Waals surface area contributed by atoms with Gasteiger partial charge < -0.3 is 10.6 Å². The van der Waals surface area contributed by atoms with Crippen LogP contribution in [0.2, 0.25) is 0 Å². The lowest BCUT2D eigenvalue weighted by Crippen LogP contribution is -2.60. The summed E-state index contributed by atoms with van der Waals surface area (Å²) in [4.78, 5) is 17.3. The summed E-state index contributed by atoms with van der Waals surface area (Å²) < 4.78 is 0. The molecule has 4 heteroatoms. The topological polar surface area (TPSA) is 49.6 Å². The van der Waals surface area contributed by atoms with E-state index in [1.165, 1.54) is 25.7 Å². The molecule has 20 heavy (non-hydrogen) atoms. The van der Waals surface area contributed by atoms with Gasteiger partial charge >= 0.3 is 0 Å². The quantitative estimate of drug-likeness (QED) is 0.858. The van der Waals surface area contributed by atoms with E-state index in [9.17, 15) is 4.79 Å². The van der Waals surface area contributed by atoms with Gasteiger partial charge in [0.15, 0.2) is 0 Å². The molecule has 2 fully saturated rings. The lowest BCUT2D eigenvalue weighted by atomic mass is 9.74. The van der Waals surface area contributed by atoms with Crippen LogP contribution in [-0.4, -0.2) is 53.5 Å². The number of nitrogens with zero attached hydrogens (tertiary/aromatic N) is 2. The van der Waals surface area contributed by atoms with Gasteiger partial charge in [-0.2, -0.15) is 0 Å². The second-order valence-electron chi connectivity index (χ2n) is 7.61. The van der Waals surface area contributed by atoms with Gasteiger partial charge in [-0.3, -0.25) is 9.69 Å². The largest absolute Gasteiger partial charge is 0.340 e. The number of rotatable bonds is 3. The molecule has 0 spiro atoms. The SMILES string of the molecule is CC(C)(N)C(C)(C)C(=O)N1CCN(C2CCCC2)CC1. The smallest absolute Gasteiger partial charge is 0.230 e. The fourth-order valence-electron chi connectivity index (χ4n) is 3.23. The highest BCUT2D eigenvalue weighted by Crippen LogP contribution is 2.31. The maximum Gasteiger partial charge on any atom is 0.230 e. The lowest BCUT2D eigenvalue weighted by Gasteiger charge is -2.44. The molecule has 2 N–H and O–H groups in total. The molecule has 1 saturated heterocycles. The lowest BCUT2D eigenvalue weighted by molar-refractivity contribution is -0.145. The fourth-order valence-corrected chi connectivity index (χ4v) is 3.23. The Hall–Kier alpha value is -0.610. The highest BCUT2D eigenvalue weighted by atomic mass is 16.2. The molecule has 116 valence electrons. The van der Waals surface area contributed by atoms with Gasteiger partial charge in [-0.25, -0.2) is 0 Å². The summed E-state index contributed by atoms with van der Waals surface area (Å²) in [6.07, 6.45) is 5.43. The molecule has 0 atom stereocenters. The fraction of sp³-hybridized carbons (Fsp3) is 0.938. The van der Waals surface area contributed by atoms with Crippen molar-refractivity contribution in [3.63, 3.8) is 0 Å². The Morgan fingerprint density at radius 1 is 1.00 bits per heavy atom. The first-order valence-corrected chi connectivity index (χ1v) is 8.06. The maximum absolute atomic E-state index is 12.7. The van der Waals surface area contributed by atoms with Gasteiger partial charge in [0, 0.05) is 37.8 Å². The van der Waals surface area contributed by atoms with Crippen molar-refractivity contribution in [2.75, 3.05) is 26.2 Å². The van der Waals surface area contributed by atoms with Crippen LogP contribution in [0.15, 0.2) is 0 Å². The van der Waals surface area contributed by atoms with Crippen LogP contribution in [0.4, 0.5) is 0 Å². The Labute approximate surface area is 123 Å². The zero-order valence-corrected chi connectivity index (χ0v) is 13.6. The molecule has 1 aliphatic heterocycles. The van der Waals surface area contributed by atoms with E-state index in [1.807, 2.05) is 32.6 Å². The summed E-state index contributed by atoms with van der Waals surface area (Å²) in [6, 6.07) is 0.770. The van der Waals surface area contributed by atoms with Crippen LogP contribution in [0.1, 0.15) is 53.4 Å². The average Bonchev–Trinajstić information content (AvgIpc) is 2.90. The van der Waals surface area contributed by atoms with Crippen molar-refractivity contribution < 1.29 is 4.79 Å². The maximum atomic E-state index is 12.7. The van der Waals surface area contributed by atoms with Crippen molar-refractivity contribution in [1.82, 2.24) is 9.80 Å². The molecular formula is C16H31N3O. The van der Waals surface area contributed by atoms with E-state index in [4.69, 9.17) is 5.73 Å². The molecule has 1 aliphatic carbocycles. The van der Waals surface area contributed by atoms with Gasteiger partial charge in [0.05, 0.1) is 5.41 Å². The molecule has 0 radical (unpaired) electrons. The van der Waals surface area contributed by atoms with Crippen LogP contribution >= 0.6 is 0 Å². The highest BCUT2D eigenvalue weighted by molar-refractivity contribution is 5.83. The first-order valence-electron chi connectivity index (χ1n) is 8.06. The van der Waals surface area contributed by atoms with Crippen LogP contribution in [0.5, 0.6) is 0 Å². The minimum absolute atomic E-state index is 0.205. The Bertz CT molecular complexity index is 345. The molecule has 1 heterocycles. The van der Waals surface area contributed by atoms with Crippen molar-refractivity contribution in [2.24, 2.45) is 11.1 Å². The van der Waals surface area contributed by atoms with Gasteiger partial charge in [-0.05, 0) is 40.5 Å². The summed E-state index contributed by atoms with van der Waals surface area (Å²) in [6.45, 7) is 11.6. The molecule has 0 aromatic rings. The first kappa shape index (κ1) is 15.8. The predicted octanol–water partition coefficient (Wildman–Crippen LogP) is 1.84. The summed E-state index contributed by atoms with van der Waals surface area (Å²) in [5.41, 5.74) is 5.18. The summed E-state index contributed by atoms with van der Waals surface area (Å²) in [5, 5.41) is 0. The van der Waals surface area contributed by atoms with Crippen LogP contribution in [0.25, 0.3) is 0 Å². The summed E-state index contributed by atoms with van der Waals surface area (Å²) in [7, 11) is 0. The molecule has 1 saturated carbocycles. The Morgan fingerprint density at radius 2 is 1.50 bits per heavy atom. The third kappa shape index (κ3) is 3.01. The number of carbonyl (C=O) groups excluding carboxylic acids is 1. The van der Waals surface area contributed by atoms with E-state index < -0.39 is 11.0 Å². The van der Waals surface area contributed by atoms with Crippen LogP contribution < -0.4 is 5.73 Å². The number of amides is 1. The number of carbonyl (C=O) groups is 1. The highest BCUT2D eigenvalue weighted by Gasteiger charge is 2.43. The Balaban J connectivity index is 1.91. The third-order valence-electron chi connectivity index (χ3n) is 5.59. The van der Waals surface area contributed by atoms with E-state index in [0.29, 0.717) is 0 Å². The first-order chi connectivity index (χ1) is 9.23. The zero-order chi connectivity index (χ0) is 15.0. The molecule has 0 bridgehead atoms. The van der Waals surface area contributed by atoms with Crippen LogP contribution in [0, 0.1) is 5.41 Å². The van der Waals surface area contributed by atoms with E-state index in [0.717, 1.165) is 32.2 Å². The van der Waals surface area contributed by atoms with Crippen molar-refractivity contribution in [2.45, 2.75) is 65.0 Å². The van der Waals surface area contributed by atoms with Gasteiger partial charge in [0.25, 0.3) is 0 Å². The third-order valence-corrected chi connectivity index (χ3v) is 5.59. The Morgan fingerprint density at radius 3 is 1.95 bits per heavy atom. The molecule has 2 rings (SSSR count). The van der Waals surface area contributed by atoms with Gasteiger partial charge in [0.1, 0.15) is 0 Å². The van der Waals surface area contributed by atoms with Crippen molar-refractivity contribution in [3.05, 3.63) is 0 Å². The van der Waals surface area contributed by atoms with Gasteiger partial charge in [0.2, 0.25) is 5.91 Å². The second-order valence-corrected chi connectivity index (χ2v) is 7.61. The van der Waals surface area contributed by atoms with Crippen molar-refractivity contribution in [1.29, 1.82) is 0 Å². The molecule has 0 aromatic carbocycles. The molecular weight excluding hydrogens is 250 g/mol. The molecule has 4 nitrogen and oxygen atoms in total. The van der Waals surface area contributed by atoms with Crippen molar-refractivity contribution >= 4 is 5.91 Å². The monoisotopic (exact) mass is 281 g/mol.